The summed E-state index contributed by atoms with van der Waals surface area (Å²) < 4.78 is 6.37. The van der Waals surface area contributed by atoms with E-state index in [-0.39, 0.29) is 54.5 Å². The number of aliphatic hydroxyl groups excluding tert-OH is 1. The molecule has 4 amide bonds. The number of fused-ring (bicyclic) bond motifs is 1. The molecule has 4 rings (SSSR count). The topological polar surface area (TPSA) is 111 Å². The number of benzene rings is 1. The van der Waals surface area contributed by atoms with Crippen molar-refractivity contribution in [2.75, 3.05) is 32.1 Å². The second-order valence-corrected chi connectivity index (χ2v) is 10.8. The van der Waals surface area contributed by atoms with E-state index >= 15 is 0 Å². The van der Waals surface area contributed by atoms with Gasteiger partial charge in [-0.25, -0.2) is 4.79 Å². The summed E-state index contributed by atoms with van der Waals surface area (Å²) in [6, 6.07) is 4.83. The van der Waals surface area contributed by atoms with Crippen molar-refractivity contribution in [3.8, 4) is 5.75 Å². The van der Waals surface area contributed by atoms with Crippen LogP contribution in [-0.2, 0) is 4.79 Å². The first kappa shape index (κ1) is 26.3. The molecule has 0 spiro atoms. The predicted molar refractivity (Wildman–Crippen MR) is 137 cm³/mol. The molecule has 1 aliphatic heterocycles. The van der Waals surface area contributed by atoms with E-state index in [9.17, 15) is 19.5 Å². The summed E-state index contributed by atoms with van der Waals surface area (Å²) in [4.78, 5) is 42.0. The number of nitrogens with zero attached hydrogens (tertiary/aromatic N) is 2. The molecule has 0 radical (unpaired) electrons. The van der Waals surface area contributed by atoms with Gasteiger partial charge in [0.05, 0.1) is 24.8 Å². The molecule has 1 heterocycles. The van der Waals surface area contributed by atoms with E-state index in [2.05, 4.69) is 10.6 Å². The van der Waals surface area contributed by atoms with Crippen LogP contribution in [0.25, 0.3) is 0 Å². The SMILES string of the molecule is C[C@H]1CN([C@@H](C)CO)C(=O)c2cc(NC(=O)C3CC3)ccc2O[C@H]1CN(C)C(=O)NC1CCCCC1. The number of anilines is 1. The van der Waals surface area contributed by atoms with Crippen LogP contribution in [0.1, 0.15) is 69.2 Å². The fourth-order valence-electron chi connectivity index (χ4n) is 4.99. The Hall–Kier alpha value is -2.81. The molecule has 0 saturated heterocycles. The zero-order valence-corrected chi connectivity index (χ0v) is 21.7. The fourth-order valence-corrected chi connectivity index (χ4v) is 4.99. The van der Waals surface area contributed by atoms with Gasteiger partial charge in [0.25, 0.3) is 5.91 Å². The highest BCUT2D eigenvalue weighted by Crippen LogP contribution is 2.33. The minimum Gasteiger partial charge on any atom is -0.487 e. The zero-order valence-electron chi connectivity index (χ0n) is 21.7. The number of likely N-dealkylation sites (N-methyl/N-ethyl adjacent to an activating group) is 1. The molecule has 1 aromatic carbocycles. The van der Waals surface area contributed by atoms with Gasteiger partial charge in [-0.1, -0.05) is 26.2 Å². The van der Waals surface area contributed by atoms with E-state index in [1.165, 1.54) is 6.42 Å². The van der Waals surface area contributed by atoms with Crippen LogP contribution >= 0.6 is 0 Å². The summed E-state index contributed by atoms with van der Waals surface area (Å²) in [6.45, 7) is 4.37. The Balaban J connectivity index is 1.53. The van der Waals surface area contributed by atoms with Crippen molar-refractivity contribution in [3.05, 3.63) is 23.8 Å². The number of rotatable bonds is 7. The molecule has 2 fully saturated rings. The number of ether oxygens (including phenoxy) is 1. The molecule has 0 aromatic heterocycles. The normalized spacial score (nSPS) is 23.6. The lowest BCUT2D eigenvalue weighted by Gasteiger charge is -2.38. The third-order valence-electron chi connectivity index (χ3n) is 7.61. The van der Waals surface area contributed by atoms with Gasteiger partial charge in [0, 0.05) is 37.2 Å². The van der Waals surface area contributed by atoms with E-state index in [4.69, 9.17) is 4.74 Å². The van der Waals surface area contributed by atoms with Gasteiger partial charge in [0.1, 0.15) is 11.9 Å². The minimum atomic E-state index is -0.386. The zero-order chi connectivity index (χ0) is 25.8. The van der Waals surface area contributed by atoms with Crippen LogP contribution < -0.4 is 15.4 Å². The molecule has 9 heteroatoms. The van der Waals surface area contributed by atoms with Crippen LogP contribution in [0.4, 0.5) is 10.5 Å². The van der Waals surface area contributed by atoms with Gasteiger partial charge in [-0.2, -0.15) is 0 Å². The summed E-state index contributed by atoms with van der Waals surface area (Å²) in [5.74, 6) is 0.0903. The maximum absolute atomic E-state index is 13.5. The first-order valence-electron chi connectivity index (χ1n) is 13.3. The minimum absolute atomic E-state index is 0.0353. The Kier molecular flexibility index (Phi) is 8.39. The van der Waals surface area contributed by atoms with Crippen LogP contribution in [-0.4, -0.2) is 77.7 Å². The molecule has 3 aliphatic rings. The van der Waals surface area contributed by atoms with Gasteiger partial charge < -0.3 is 30.3 Å². The second-order valence-electron chi connectivity index (χ2n) is 10.8. The molecule has 0 unspecified atom stereocenters. The molecular weight excluding hydrogens is 460 g/mol. The van der Waals surface area contributed by atoms with Crippen molar-refractivity contribution >= 4 is 23.5 Å². The van der Waals surface area contributed by atoms with Crippen molar-refractivity contribution in [1.29, 1.82) is 0 Å². The molecule has 9 nitrogen and oxygen atoms in total. The van der Waals surface area contributed by atoms with E-state index in [0.29, 0.717) is 30.1 Å². The molecule has 1 aromatic rings. The first-order chi connectivity index (χ1) is 17.3. The summed E-state index contributed by atoms with van der Waals surface area (Å²) >= 11 is 0. The number of hydrogen-bond acceptors (Lipinski definition) is 5. The molecule has 0 bridgehead atoms. The third kappa shape index (κ3) is 6.30. The highest BCUT2D eigenvalue weighted by atomic mass is 16.5. The van der Waals surface area contributed by atoms with E-state index in [1.54, 1.807) is 35.0 Å². The van der Waals surface area contributed by atoms with Crippen molar-refractivity contribution < 1.29 is 24.2 Å². The Morgan fingerprint density at radius 1 is 1.19 bits per heavy atom. The number of nitrogens with one attached hydrogen (secondary N) is 2. The van der Waals surface area contributed by atoms with Gasteiger partial charge in [0.15, 0.2) is 0 Å². The van der Waals surface area contributed by atoms with E-state index in [0.717, 1.165) is 38.5 Å². The molecule has 3 N–H and O–H groups in total. The first-order valence-corrected chi connectivity index (χ1v) is 13.3. The van der Waals surface area contributed by atoms with Gasteiger partial charge >= 0.3 is 6.03 Å². The average Bonchev–Trinajstić information content (AvgIpc) is 3.72. The average molecular weight is 501 g/mol. The van der Waals surface area contributed by atoms with E-state index in [1.807, 2.05) is 13.8 Å². The molecule has 2 saturated carbocycles. The number of carbonyl (C=O) groups excluding carboxylic acids is 3. The monoisotopic (exact) mass is 500 g/mol. The lowest BCUT2D eigenvalue weighted by Crippen LogP contribution is -2.52. The number of carbonyl (C=O) groups is 3. The third-order valence-corrected chi connectivity index (χ3v) is 7.61. The highest BCUT2D eigenvalue weighted by Gasteiger charge is 2.35. The van der Waals surface area contributed by atoms with Gasteiger partial charge in [-0.3, -0.25) is 9.59 Å². The molecule has 3 atom stereocenters. The van der Waals surface area contributed by atoms with Gasteiger partial charge in [-0.05, 0) is 50.8 Å². The second kappa shape index (κ2) is 11.5. The number of amides is 4. The smallest absolute Gasteiger partial charge is 0.317 e. The summed E-state index contributed by atoms with van der Waals surface area (Å²) in [6.07, 6.45) is 6.96. The van der Waals surface area contributed by atoms with Crippen LogP contribution in [0.2, 0.25) is 0 Å². The van der Waals surface area contributed by atoms with Crippen LogP contribution in [0, 0.1) is 11.8 Å². The lowest BCUT2D eigenvalue weighted by molar-refractivity contribution is -0.117. The molecular formula is C27H40N4O5. The number of hydrogen-bond donors (Lipinski definition) is 3. The van der Waals surface area contributed by atoms with Crippen molar-refractivity contribution in [2.45, 2.75) is 77.0 Å². The summed E-state index contributed by atoms with van der Waals surface area (Å²) in [7, 11) is 1.77. The van der Waals surface area contributed by atoms with Gasteiger partial charge in [0.2, 0.25) is 5.91 Å². The van der Waals surface area contributed by atoms with Crippen LogP contribution in [0.15, 0.2) is 18.2 Å². The fraction of sp³-hybridized carbons (Fsp3) is 0.667. The van der Waals surface area contributed by atoms with Crippen molar-refractivity contribution in [2.24, 2.45) is 11.8 Å². The van der Waals surface area contributed by atoms with E-state index < -0.39 is 0 Å². The van der Waals surface area contributed by atoms with Crippen molar-refractivity contribution in [3.63, 3.8) is 0 Å². The Morgan fingerprint density at radius 3 is 2.58 bits per heavy atom. The number of aliphatic hydroxyl groups is 1. The predicted octanol–water partition coefficient (Wildman–Crippen LogP) is 3.23. The maximum atomic E-state index is 13.5. The van der Waals surface area contributed by atoms with Crippen molar-refractivity contribution in [1.82, 2.24) is 15.1 Å². The summed E-state index contributed by atoms with van der Waals surface area (Å²) in [5.41, 5.74) is 0.892. The molecule has 198 valence electrons. The lowest BCUT2D eigenvalue weighted by atomic mass is 9.96. The Labute approximate surface area is 213 Å². The summed E-state index contributed by atoms with van der Waals surface area (Å²) in [5, 5.41) is 15.9. The standard InChI is InChI=1S/C27H40N4O5/c1-17-14-31(18(2)16-32)26(34)22-13-21(28-25(33)19-9-10-19)11-12-23(22)36-24(17)15-30(3)27(35)29-20-7-5-4-6-8-20/h11-13,17-20,24,32H,4-10,14-16H2,1-3H3,(H,28,33)(H,29,35)/t17-,18-,24-/m0/s1. The Bertz CT molecular complexity index is 959. The largest absolute Gasteiger partial charge is 0.487 e. The highest BCUT2D eigenvalue weighted by molar-refractivity contribution is 6.00. The van der Waals surface area contributed by atoms with Crippen LogP contribution in [0.3, 0.4) is 0 Å². The molecule has 36 heavy (non-hydrogen) atoms. The Morgan fingerprint density at radius 2 is 1.92 bits per heavy atom. The molecule has 2 aliphatic carbocycles. The quantitative estimate of drug-likeness (QED) is 0.532. The van der Waals surface area contributed by atoms with Crippen LogP contribution in [0.5, 0.6) is 5.75 Å². The number of urea groups is 1. The van der Waals surface area contributed by atoms with Gasteiger partial charge in [-0.15, -0.1) is 0 Å². The maximum Gasteiger partial charge on any atom is 0.317 e.